The Kier molecular flexibility index (Phi) is 7.43. The topological polar surface area (TPSA) is 75.7 Å². The summed E-state index contributed by atoms with van der Waals surface area (Å²) >= 11 is 11.9. The zero-order chi connectivity index (χ0) is 22.4. The lowest BCUT2D eigenvalue weighted by Gasteiger charge is -2.24. The van der Waals surface area contributed by atoms with Crippen molar-refractivity contribution in [1.82, 2.24) is 5.32 Å². The van der Waals surface area contributed by atoms with Gasteiger partial charge in [-0.15, -0.1) is 0 Å². The van der Waals surface area contributed by atoms with Gasteiger partial charge in [-0.1, -0.05) is 41.4 Å². The fourth-order valence-corrected chi connectivity index (χ4v) is 4.53. The van der Waals surface area contributed by atoms with E-state index >= 15 is 0 Å². The summed E-state index contributed by atoms with van der Waals surface area (Å²) in [4.78, 5) is 12.7. The van der Waals surface area contributed by atoms with E-state index in [0.717, 1.165) is 9.87 Å². The lowest BCUT2D eigenvalue weighted by molar-refractivity contribution is -0.119. The molecule has 0 heterocycles. The Balaban J connectivity index is 1.85. The molecular weight excluding hydrogens is 459 g/mol. The third kappa shape index (κ3) is 5.91. The summed E-state index contributed by atoms with van der Waals surface area (Å²) in [5.41, 5.74) is 1.12. The van der Waals surface area contributed by atoms with Gasteiger partial charge in [0.05, 0.1) is 17.7 Å². The Bertz CT molecular complexity index is 1150. The molecule has 0 aliphatic rings. The largest absolute Gasteiger partial charge is 0.497 e. The SMILES string of the molecule is COc1ccc(S(=O)(=O)N(CC(=O)NCc2ccc(Cl)cc2)c2cccc(Cl)c2)cc1. The van der Waals surface area contributed by atoms with Crippen LogP contribution in [0.15, 0.2) is 77.7 Å². The molecule has 1 amide bonds. The van der Waals surface area contributed by atoms with E-state index in [-0.39, 0.29) is 17.1 Å². The Morgan fingerprint density at radius 2 is 1.65 bits per heavy atom. The average molecular weight is 479 g/mol. The maximum atomic E-state index is 13.3. The van der Waals surface area contributed by atoms with Crippen LogP contribution >= 0.6 is 23.2 Å². The van der Waals surface area contributed by atoms with Crippen LogP contribution in [0.5, 0.6) is 5.75 Å². The summed E-state index contributed by atoms with van der Waals surface area (Å²) < 4.78 is 32.8. The molecule has 0 unspecified atom stereocenters. The normalized spacial score (nSPS) is 11.1. The average Bonchev–Trinajstić information content (AvgIpc) is 2.77. The Morgan fingerprint density at radius 1 is 0.968 bits per heavy atom. The standard InChI is InChI=1S/C22H20Cl2N2O4S/c1-30-20-9-11-21(12-10-20)31(28,29)26(19-4-2-3-18(24)13-19)15-22(27)25-14-16-5-7-17(23)8-6-16/h2-13H,14-15H2,1H3,(H,25,27). The highest BCUT2D eigenvalue weighted by molar-refractivity contribution is 7.92. The number of methoxy groups -OCH3 is 1. The molecule has 3 aromatic rings. The first-order chi connectivity index (χ1) is 14.8. The number of amides is 1. The molecule has 0 spiro atoms. The number of sulfonamides is 1. The maximum Gasteiger partial charge on any atom is 0.264 e. The number of rotatable bonds is 8. The Labute approximate surface area is 191 Å². The maximum absolute atomic E-state index is 13.3. The van der Waals surface area contributed by atoms with Gasteiger partial charge in [-0.2, -0.15) is 0 Å². The minimum absolute atomic E-state index is 0.0266. The first-order valence-corrected chi connectivity index (χ1v) is 11.4. The van der Waals surface area contributed by atoms with Crippen molar-refractivity contribution < 1.29 is 17.9 Å². The molecule has 0 aromatic heterocycles. The first-order valence-electron chi connectivity index (χ1n) is 9.23. The number of ether oxygens (including phenoxy) is 1. The highest BCUT2D eigenvalue weighted by Gasteiger charge is 2.27. The molecule has 0 atom stereocenters. The molecular formula is C22H20Cl2N2O4S. The summed E-state index contributed by atoms with van der Waals surface area (Å²) in [7, 11) is -2.55. The van der Waals surface area contributed by atoms with E-state index in [1.807, 2.05) is 0 Å². The van der Waals surface area contributed by atoms with Crippen LogP contribution < -0.4 is 14.4 Å². The van der Waals surface area contributed by atoms with Gasteiger partial charge in [-0.3, -0.25) is 9.10 Å². The van der Waals surface area contributed by atoms with E-state index in [1.165, 1.54) is 25.3 Å². The summed E-state index contributed by atoms with van der Waals surface area (Å²) in [6.45, 7) is -0.176. The van der Waals surface area contributed by atoms with Gasteiger partial charge >= 0.3 is 0 Å². The second-order valence-electron chi connectivity index (χ2n) is 6.57. The number of carbonyl (C=O) groups is 1. The van der Waals surface area contributed by atoms with Crippen molar-refractivity contribution in [2.24, 2.45) is 0 Å². The smallest absolute Gasteiger partial charge is 0.264 e. The van der Waals surface area contributed by atoms with Gasteiger partial charge in [-0.25, -0.2) is 8.42 Å². The quantitative estimate of drug-likeness (QED) is 0.516. The van der Waals surface area contributed by atoms with Crippen LogP contribution in [0.1, 0.15) is 5.56 Å². The highest BCUT2D eigenvalue weighted by Crippen LogP contribution is 2.27. The molecule has 1 N–H and O–H groups in total. The van der Waals surface area contributed by atoms with Gasteiger partial charge < -0.3 is 10.1 Å². The molecule has 0 fully saturated rings. The molecule has 9 heteroatoms. The number of benzene rings is 3. The summed E-state index contributed by atoms with van der Waals surface area (Å²) in [6, 6.07) is 19.3. The highest BCUT2D eigenvalue weighted by atomic mass is 35.5. The van der Waals surface area contributed by atoms with Crippen molar-refractivity contribution in [2.75, 3.05) is 18.0 Å². The Hall–Kier alpha value is -2.74. The third-order valence-corrected chi connectivity index (χ3v) is 6.71. The number of anilines is 1. The van der Waals surface area contributed by atoms with Crippen LogP contribution in [-0.2, 0) is 21.4 Å². The fourth-order valence-electron chi connectivity index (χ4n) is 2.81. The van der Waals surface area contributed by atoms with Crippen LogP contribution in [-0.4, -0.2) is 28.0 Å². The van der Waals surface area contributed by atoms with Crippen LogP contribution in [0.3, 0.4) is 0 Å². The molecule has 0 aliphatic carbocycles. The van der Waals surface area contributed by atoms with Crippen molar-refractivity contribution >= 4 is 44.8 Å². The zero-order valence-electron chi connectivity index (χ0n) is 16.6. The number of hydrogen-bond acceptors (Lipinski definition) is 4. The van der Waals surface area contributed by atoms with Crippen LogP contribution in [0, 0.1) is 0 Å². The van der Waals surface area contributed by atoms with Crippen molar-refractivity contribution in [3.63, 3.8) is 0 Å². The molecule has 0 aliphatic heterocycles. The van der Waals surface area contributed by atoms with Crippen LogP contribution in [0.2, 0.25) is 10.0 Å². The molecule has 31 heavy (non-hydrogen) atoms. The molecule has 0 saturated heterocycles. The van der Waals surface area contributed by atoms with E-state index in [0.29, 0.717) is 15.8 Å². The molecule has 3 rings (SSSR count). The van der Waals surface area contributed by atoms with Crippen molar-refractivity contribution in [1.29, 1.82) is 0 Å². The van der Waals surface area contributed by atoms with Crippen molar-refractivity contribution in [3.05, 3.63) is 88.4 Å². The Morgan fingerprint density at radius 3 is 2.26 bits per heavy atom. The van der Waals surface area contributed by atoms with Crippen molar-refractivity contribution in [2.45, 2.75) is 11.4 Å². The summed E-state index contributed by atoms with van der Waals surface area (Å²) in [6.07, 6.45) is 0. The predicted molar refractivity (Wildman–Crippen MR) is 122 cm³/mol. The summed E-state index contributed by atoms with van der Waals surface area (Å²) in [5.74, 6) is 0.0565. The van der Waals surface area contributed by atoms with Gasteiger partial charge in [0.2, 0.25) is 5.91 Å². The van der Waals surface area contributed by atoms with E-state index in [4.69, 9.17) is 27.9 Å². The second kappa shape index (κ2) is 10.0. The fraction of sp³-hybridized carbons (Fsp3) is 0.136. The zero-order valence-corrected chi connectivity index (χ0v) is 18.9. The van der Waals surface area contributed by atoms with Crippen molar-refractivity contribution in [3.8, 4) is 5.75 Å². The molecule has 0 radical (unpaired) electrons. The molecule has 6 nitrogen and oxygen atoms in total. The number of nitrogens with one attached hydrogen (secondary N) is 1. The number of carbonyl (C=O) groups excluding carboxylic acids is 1. The first kappa shape index (κ1) is 22.9. The van der Waals surface area contributed by atoms with Gasteiger partial charge in [0.25, 0.3) is 10.0 Å². The number of hydrogen-bond donors (Lipinski definition) is 1. The van der Waals surface area contributed by atoms with Gasteiger partial charge in [-0.05, 0) is 60.2 Å². The van der Waals surface area contributed by atoms with E-state index < -0.39 is 22.5 Å². The van der Waals surface area contributed by atoms with E-state index in [1.54, 1.807) is 54.6 Å². The molecule has 0 bridgehead atoms. The minimum Gasteiger partial charge on any atom is -0.497 e. The monoisotopic (exact) mass is 478 g/mol. The third-order valence-electron chi connectivity index (χ3n) is 4.43. The van der Waals surface area contributed by atoms with Gasteiger partial charge in [0.15, 0.2) is 0 Å². The van der Waals surface area contributed by atoms with E-state index in [9.17, 15) is 13.2 Å². The lowest BCUT2D eigenvalue weighted by Crippen LogP contribution is -2.40. The molecule has 162 valence electrons. The van der Waals surface area contributed by atoms with Gasteiger partial charge in [0, 0.05) is 16.6 Å². The van der Waals surface area contributed by atoms with Crippen LogP contribution in [0.25, 0.3) is 0 Å². The number of nitrogens with zero attached hydrogens (tertiary/aromatic N) is 1. The summed E-state index contributed by atoms with van der Waals surface area (Å²) in [5, 5.41) is 3.68. The molecule has 0 saturated carbocycles. The second-order valence-corrected chi connectivity index (χ2v) is 9.31. The molecule has 3 aromatic carbocycles. The van der Waals surface area contributed by atoms with E-state index in [2.05, 4.69) is 5.32 Å². The number of halogens is 2. The van der Waals surface area contributed by atoms with Crippen LogP contribution in [0.4, 0.5) is 5.69 Å². The minimum atomic E-state index is -4.04. The van der Waals surface area contributed by atoms with Gasteiger partial charge in [0.1, 0.15) is 12.3 Å². The lowest BCUT2D eigenvalue weighted by atomic mass is 10.2. The predicted octanol–water partition coefficient (Wildman–Crippen LogP) is 4.51.